The van der Waals surface area contributed by atoms with Crippen molar-refractivity contribution in [1.82, 2.24) is 4.90 Å². The predicted molar refractivity (Wildman–Crippen MR) is 133 cm³/mol. The van der Waals surface area contributed by atoms with E-state index >= 15 is 0 Å². The van der Waals surface area contributed by atoms with Crippen molar-refractivity contribution < 1.29 is 24.2 Å². The van der Waals surface area contributed by atoms with Crippen LogP contribution in [0.3, 0.4) is 0 Å². The van der Waals surface area contributed by atoms with Crippen molar-refractivity contribution >= 4 is 34.8 Å². The third-order valence-electron chi connectivity index (χ3n) is 6.56. The monoisotopic (exact) mass is 488 g/mol. The second kappa shape index (κ2) is 11.9. The molecule has 0 bridgehead atoms. The van der Waals surface area contributed by atoms with Crippen LogP contribution in [0, 0.1) is 29.6 Å². The van der Waals surface area contributed by atoms with Gasteiger partial charge in [0.1, 0.15) is 10.9 Å². The molecule has 1 aromatic heterocycles. The highest BCUT2D eigenvalue weighted by Gasteiger charge is 2.39. The molecule has 0 unspecified atom stereocenters. The number of carboxylic acids is 1. The number of carboxylic acid groups (broad SMARTS) is 1. The summed E-state index contributed by atoms with van der Waals surface area (Å²) in [5.41, 5.74) is 0.294. The lowest BCUT2D eigenvalue weighted by Gasteiger charge is -2.38. The van der Waals surface area contributed by atoms with Gasteiger partial charge >= 0.3 is 5.97 Å². The van der Waals surface area contributed by atoms with Crippen molar-refractivity contribution in [2.24, 2.45) is 17.8 Å². The molecule has 0 radical (unpaired) electrons. The van der Waals surface area contributed by atoms with E-state index in [0.717, 1.165) is 37.0 Å². The van der Waals surface area contributed by atoms with Crippen LogP contribution in [-0.2, 0) is 14.3 Å². The molecule has 1 aromatic rings. The normalized spacial score (nSPS) is 21.5. The number of carbonyl (C=O) groups excluding carboxylic acids is 2. The van der Waals surface area contributed by atoms with E-state index in [1.807, 2.05) is 20.8 Å². The molecule has 1 saturated carbocycles. The van der Waals surface area contributed by atoms with Crippen LogP contribution in [-0.4, -0.2) is 60.1 Å². The molecule has 1 aliphatic heterocycles. The summed E-state index contributed by atoms with van der Waals surface area (Å²) >= 11 is 1.07. The Hall–Kier alpha value is -2.37. The lowest BCUT2D eigenvalue weighted by molar-refractivity contribution is -0.139. The molecule has 1 aliphatic carbocycles. The second-order valence-corrected chi connectivity index (χ2v) is 10.6. The van der Waals surface area contributed by atoms with Gasteiger partial charge in [0, 0.05) is 24.9 Å². The molecule has 34 heavy (non-hydrogen) atoms. The third kappa shape index (κ3) is 6.19. The molecule has 1 N–H and O–H groups in total. The maximum absolute atomic E-state index is 13.9. The van der Waals surface area contributed by atoms with Gasteiger partial charge in [0.05, 0.1) is 23.8 Å². The van der Waals surface area contributed by atoms with Crippen LogP contribution in [0.1, 0.15) is 74.3 Å². The number of carbonyl (C=O) groups is 3. The fourth-order valence-electron chi connectivity index (χ4n) is 4.60. The van der Waals surface area contributed by atoms with E-state index in [0.29, 0.717) is 49.2 Å². The molecule has 3 rings (SSSR count). The summed E-state index contributed by atoms with van der Waals surface area (Å²) < 4.78 is 5.40. The summed E-state index contributed by atoms with van der Waals surface area (Å²) in [4.78, 5) is 43.6. The van der Waals surface area contributed by atoms with Gasteiger partial charge in [-0.25, -0.2) is 4.79 Å². The van der Waals surface area contributed by atoms with Gasteiger partial charge in [0.2, 0.25) is 11.8 Å². The molecule has 2 fully saturated rings. The summed E-state index contributed by atoms with van der Waals surface area (Å²) in [6, 6.07) is 0.922. The largest absolute Gasteiger partial charge is 0.477 e. The van der Waals surface area contributed by atoms with Gasteiger partial charge in [-0.2, -0.15) is 0 Å². The van der Waals surface area contributed by atoms with Crippen LogP contribution in [0.2, 0.25) is 0 Å². The van der Waals surface area contributed by atoms with E-state index in [4.69, 9.17) is 4.74 Å². The predicted octanol–water partition coefficient (Wildman–Crippen LogP) is 4.25. The van der Waals surface area contributed by atoms with E-state index in [2.05, 4.69) is 18.8 Å². The second-order valence-electron chi connectivity index (χ2n) is 9.58. The van der Waals surface area contributed by atoms with Crippen molar-refractivity contribution in [3.63, 3.8) is 0 Å². The summed E-state index contributed by atoms with van der Waals surface area (Å²) in [5, 5.41) is 9.99. The fourth-order valence-corrected chi connectivity index (χ4v) is 5.45. The highest BCUT2D eigenvalue weighted by molar-refractivity contribution is 7.15. The Morgan fingerprint density at radius 1 is 1.21 bits per heavy atom. The van der Waals surface area contributed by atoms with Crippen molar-refractivity contribution in [3.8, 4) is 11.8 Å². The van der Waals surface area contributed by atoms with E-state index in [1.165, 1.54) is 4.90 Å². The Morgan fingerprint density at radius 3 is 2.41 bits per heavy atom. The lowest BCUT2D eigenvalue weighted by Crippen LogP contribution is -2.55. The number of rotatable bonds is 6. The molecule has 2 aliphatic rings. The smallest absolute Gasteiger partial charge is 0.348 e. The number of hydrogen-bond donors (Lipinski definition) is 1. The number of ether oxygens (including phenoxy) is 1. The Morgan fingerprint density at radius 2 is 1.85 bits per heavy atom. The van der Waals surface area contributed by atoms with Crippen LogP contribution in [0.25, 0.3) is 0 Å². The summed E-state index contributed by atoms with van der Waals surface area (Å²) in [6.45, 7) is 9.86. The number of nitrogens with zero attached hydrogens (tertiary/aromatic N) is 2. The molecule has 7 nitrogen and oxygen atoms in total. The van der Waals surface area contributed by atoms with Crippen molar-refractivity contribution in [2.45, 2.75) is 65.8 Å². The summed E-state index contributed by atoms with van der Waals surface area (Å²) in [7, 11) is 0. The number of anilines is 1. The Labute approximate surface area is 206 Å². The Balaban J connectivity index is 2.05. The number of thiophene rings is 1. The van der Waals surface area contributed by atoms with E-state index in [-0.39, 0.29) is 28.5 Å². The molecular weight excluding hydrogens is 452 g/mol. The molecule has 8 heteroatoms. The Kier molecular flexibility index (Phi) is 9.15. The number of morpholine rings is 1. The van der Waals surface area contributed by atoms with Crippen molar-refractivity contribution in [3.05, 3.63) is 15.8 Å². The van der Waals surface area contributed by atoms with Gasteiger partial charge in [-0.1, -0.05) is 39.5 Å². The first-order valence-electron chi connectivity index (χ1n) is 12.3. The third-order valence-corrected chi connectivity index (χ3v) is 7.59. The minimum absolute atomic E-state index is 0.0545. The molecule has 0 spiro atoms. The van der Waals surface area contributed by atoms with Gasteiger partial charge in [0.25, 0.3) is 0 Å². The fraction of sp³-hybridized carbons (Fsp3) is 0.654. The standard InChI is InChI=1S/C26H36N2O5S/c1-5-21(25(30)27-12-14-33-15-13-27)28(24(29)19-9-7-18(4)8-10-19)22-16-20(11-6-17(2)3)34-23(22)26(31)32/h16-19,21H,5,7-10,12-15H2,1-4H3,(H,31,32)/t18?,19?,21-/m1/s1. The Bertz CT molecular complexity index is 946. The van der Waals surface area contributed by atoms with Crippen LogP contribution in [0.4, 0.5) is 5.69 Å². The summed E-state index contributed by atoms with van der Waals surface area (Å²) in [5.74, 6) is 5.19. The van der Waals surface area contributed by atoms with E-state index in [9.17, 15) is 19.5 Å². The summed E-state index contributed by atoms with van der Waals surface area (Å²) in [6.07, 6.45) is 3.82. The zero-order valence-electron chi connectivity index (χ0n) is 20.6. The average molecular weight is 489 g/mol. The van der Waals surface area contributed by atoms with Gasteiger partial charge in [0.15, 0.2) is 0 Å². The number of aromatic carboxylic acids is 1. The zero-order valence-corrected chi connectivity index (χ0v) is 21.5. The molecule has 1 atom stereocenters. The van der Waals surface area contributed by atoms with Crippen LogP contribution < -0.4 is 4.90 Å². The minimum atomic E-state index is -1.11. The van der Waals surface area contributed by atoms with Crippen LogP contribution in [0.15, 0.2) is 6.07 Å². The van der Waals surface area contributed by atoms with E-state index < -0.39 is 12.0 Å². The first kappa shape index (κ1) is 26.2. The minimum Gasteiger partial charge on any atom is -0.477 e. The lowest BCUT2D eigenvalue weighted by atomic mass is 9.82. The van der Waals surface area contributed by atoms with Gasteiger partial charge in [-0.15, -0.1) is 11.3 Å². The van der Waals surface area contributed by atoms with E-state index in [1.54, 1.807) is 11.0 Å². The number of hydrogen-bond acceptors (Lipinski definition) is 5. The first-order valence-corrected chi connectivity index (χ1v) is 13.1. The topological polar surface area (TPSA) is 87.2 Å². The maximum Gasteiger partial charge on any atom is 0.348 e. The molecular formula is C26H36N2O5S. The highest BCUT2D eigenvalue weighted by atomic mass is 32.1. The zero-order chi connectivity index (χ0) is 24.8. The quantitative estimate of drug-likeness (QED) is 0.605. The van der Waals surface area contributed by atoms with Crippen LogP contribution in [0.5, 0.6) is 0 Å². The molecule has 186 valence electrons. The van der Waals surface area contributed by atoms with Gasteiger partial charge in [-0.3, -0.25) is 14.5 Å². The van der Waals surface area contributed by atoms with Crippen molar-refractivity contribution in [1.29, 1.82) is 0 Å². The van der Waals surface area contributed by atoms with Gasteiger partial charge < -0.3 is 14.7 Å². The van der Waals surface area contributed by atoms with Crippen LogP contribution >= 0.6 is 11.3 Å². The average Bonchev–Trinajstić information content (AvgIpc) is 3.25. The van der Waals surface area contributed by atoms with Crippen molar-refractivity contribution in [2.75, 3.05) is 31.2 Å². The number of amides is 2. The molecule has 2 amide bonds. The SMILES string of the molecule is CC[C@H](C(=O)N1CCOCC1)N(C(=O)C1CCC(C)CC1)c1cc(C#CC(C)C)sc1C(=O)O. The first-order chi connectivity index (χ1) is 16.2. The maximum atomic E-state index is 13.9. The molecule has 0 aromatic carbocycles. The molecule has 1 saturated heterocycles. The molecule has 2 heterocycles. The highest BCUT2D eigenvalue weighted by Crippen LogP contribution is 2.37. The van der Waals surface area contributed by atoms with Gasteiger partial charge in [-0.05, 0) is 44.1 Å².